The average molecular weight is 393 g/mol. The van der Waals surface area contributed by atoms with E-state index in [2.05, 4.69) is 0 Å². The lowest BCUT2D eigenvalue weighted by atomic mass is 9.84. The van der Waals surface area contributed by atoms with Gasteiger partial charge in [-0.05, 0) is 17.5 Å². The van der Waals surface area contributed by atoms with E-state index < -0.39 is 16.2 Å². The van der Waals surface area contributed by atoms with Crippen LogP contribution >= 0.6 is 0 Å². The molecule has 0 spiro atoms. The van der Waals surface area contributed by atoms with Crippen LogP contribution in [0.15, 0.2) is 64.2 Å². The fourth-order valence-electron chi connectivity index (χ4n) is 3.81. The highest BCUT2D eigenvalue weighted by Crippen LogP contribution is 2.43. The molecule has 2 heterocycles. The Bertz CT molecular complexity index is 1200. The van der Waals surface area contributed by atoms with E-state index in [-0.39, 0.29) is 23.6 Å². The Labute approximate surface area is 165 Å². The van der Waals surface area contributed by atoms with Crippen molar-refractivity contribution in [2.75, 3.05) is 0 Å². The van der Waals surface area contributed by atoms with Crippen LogP contribution in [0, 0.1) is 10.1 Å². The highest BCUT2D eigenvalue weighted by molar-refractivity contribution is 5.43. The minimum Gasteiger partial charge on any atom is -0.470 e. The first-order valence-electron chi connectivity index (χ1n) is 9.14. The summed E-state index contributed by atoms with van der Waals surface area (Å²) < 4.78 is 8.52. The van der Waals surface area contributed by atoms with Gasteiger partial charge in [0.1, 0.15) is 6.10 Å². The standard InChI is InChI=1S/C21H19N3O5/c1-22-19(25)18-16(13-8-10-15(11-9-13)24(27)28)12-17(14-6-4-3-5-7-14)29-20(18)23(2)21(22)26/h3-11,16-17H,12H2,1-2H3/t16-,17-/m1/s1. The van der Waals surface area contributed by atoms with Gasteiger partial charge in [-0.15, -0.1) is 0 Å². The third-order valence-corrected chi connectivity index (χ3v) is 5.37. The van der Waals surface area contributed by atoms with E-state index in [1.54, 1.807) is 19.2 Å². The van der Waals surface area contributed by atoms with Gasteiger partial charge in [-0.25, -0.2) is 4.79 Å². The predicted octanol–water partition coefficient (Wildman–Crippen LogP) is 2.65. The van der Waals surface area contributed by atoms with Crippen LogP contribution < -0.4 is 16.0 Å². The van der Waals surface area contributed by atoms with Crippen LogP contribution in [-0.2, 0) is 14.1 Å². The molecule has 0 unspecified atom stereocenters. The first kappa shape index (κ1) is 18.7. The summed E-state index contributed by atoms with van der Waals surface area (Å²) in [6.07, 6.45) is 0.115. The summed E-state index contributed by atoms with van der Waals surface area (Å²) in [7, 11) is 3.00. The number of nitro benzene ring substituents is 1. The van der Waals surface area contributed by atoms with Crippen molar-refractivity contribution >= 4 is 5.69 Å². The molecule has 2 aromatic carbocycles. The number of nitro groups is 1. The second-order valence-electron chi connectivity index (χ2n) is 7.08. The molecular weight excluding hydrogens is 374 g/mol. The van der Waals surface area contributed by atoms with Crippen molar-refractivity contribution < 1.29 is 9.66 Å². The molecule has 29 heavy (non-hydrogen) atoms. The maximum Gasteiger partial charge on any atom is 0.333 e. The molecule has 0 N–H and O–H groups in total. The Kier molecular flexibility index (Phi) is 4.54. The summed E-state index contributed by atoms with van der Waals surface area (Å²) in [6.45, 7) is 0. The SMILES string of the molecule is Cn1c2c(c(=O)n(C)c1=O)[C@@H](c1ccc([N+](=O)[O-])cc1)C[C@H](c1ccccc1)O2. The number of fused-ring (bicyclic) bond motifs is 1. The maximum atomic E-state index is 12.9. The second-order valence-corrected chi connectivity index (χ2v) is 7.08. The second kappa shape index (κ2) is 7.05. The van der Waals surface area contributed by atoms with Crippen molar-refractivity contribution in [3.63, 3.8) is 0 Å². The number of hydrogen-bond donors (Lipinski definition) is 0. The van der Waals surface area contributed by atoms with Crippen LogP contribution in [0.5, 0.6) is 5.88 Å². The van der Waals surface area contributed by atoms with Crippen molar-refractivity contribution in [3.8, 4) is 5.88 Å². The van der Waals surface area contributed by atoms with Crippen molar-refractivity contribution in [1.29, 1.82) is 0 Å². The molecule has 0 aliphatic carbocycles. The molecule has 1 aromatic heterocycles. The van der Waals surface area contributed by atoms with E-state index in [1.807, 2.05) is 30.3 Å². The molecule has 8 heteroatoms. The smallest absolute Gasteiger partial charge is 0.333 e. The van der Waals surface area contributed by atoms with Gasteiger partial charge in [-0.3, -0.25) is 24.0 Å². The summed E-state index contributed by atoms with van der Waals surface area (Å²) in [6, 6.07) is 15.7. The minimum atomic E-state index is -0.468. The third-order valence-electron chi connectivity index (χ3n) is 5.37. The Morgan fingerprint density at radius 1 is 0.966 bits per heavy atom. The summed E-state index contributed by atoms with van der Waals surface area (Å²) in [5.74, 6) is -0.128. The zero-order chi connectivity index (χ0) is 20.7. The molecule has 0 saturated heterocycles. The van der Waals surface area contributed by atoms with Crippen LogP contribution in [0.25, 0.3) is 0 Å². The molecule has 4 rings (SSSR count). The molecule has 0 saturated carbocycles. The molecule has 148 valence electrons. The van der Waals surface area contributed by atoms with E-state index >= 15 is 0 Å². The van der Waals surface area contributed by atoms with Crippen molar-refractivity contribution in [3.05, 3.63) is 102 Å². The number of non-ortho nitro benzene ring substituents is 1. The topological polar surface area (TPSA) is 96.4 Å². The number of benzene rings is 2. The van der Waals surface area contributed by atoms with Gasteiger partial charge >= 0.3 is 5.69 Å². The third kappa shape index (κ3) is 3.12. The summed E-state index contributed by atoms with van der Waals surface area (Å²) in [4.78, 5) is 35.9. The monoisotopic (exact) mass is 393 g/mol. The Morgan fingerprint density at radius 2 is 1.62 bits per heavy atom. The lowest BCUT2D eigenvalue weighted by Crippen LogP contribution is -2.42. The maximum absolute atomic E-state index is 12.9. The fourth-order valence-corrected chi connectivity index (χ4v) is 3.81. The molecule has 0 amide bonds. The largest absolute Gasteiger partial charge is 0.470 e. The van der Waals surface area contributed by atoms with Gasteiger partial charge in [0.2, 0.25) is 5.88 Å². The molecule has 2 atom stereocenters. The van der Waals surface area contributed by atoms with Crippen LogP contribution in [0.4, 0.5) is 5.69 Å². The first-order chi connectivity index (χ1) is 13.9. The van der Waals surface area contributed by atoms with Gasteiger partial charge in [0.15, 0.2) is 0 Å². The normalized spacial score (nSPS) is 18.0. The average Bonchev–Trinajstić information content (AvgIpc) is 2.76. The molecule has 1 aliphatic heterocycles. The lowest BCUT2D eigenvalue weighted by Gasteiger charge is -2.33. The van der Waals surface area contributed by atoms with E-state index in [0.29, 0.717) is 12.0 Å². The van der Waals surface area contributed by atoms with Crippen LogP contribution in [0.2, 0.25) is 0 Å². The lowest BCUT2D eigenvalue weighted by molar-refractivity contribution is -0.384. The van der Waals surface area contributed by atoms with Crippen LogP contribution in [0.3, 0.4) is 0 Å². The molecule has 0 bridgehead atoms. The predicted molar refractivity (Wildman–Crippen MR) is 106 cm³/mol. The Balaban J connectivity index is 1.91. The zero-order valence-corrected chi connectivity index (χ0v) is 15.9. The van der Waals surface area contributed by atoms with Crippen molar-refractivity contribution in [1.82, 2.24) is 9.13 Å². The molecule has 3 aromatic rings. The fraction of sp³-hybridized carbons (Fsp3) is 0.238. The minimum absolute atomic E-state index is 0.0194. The highest BCUT2D eigenvalue weighted by Gasteiger charge is 2.35. The Morgan fingerprint density at radius 3 is 2.24 bits per heavy atom. The summed E-state index contributed by atoms with van der Waals surface area (Å²) in [5.41, 5.74) is 1.17. The zero-order valence-electron chi connectivity index (χ0n) is 15.9. The van der Waals surface area contributed by atoms with E-state index in [4.69, 9.17) is 4.74 Å². The molecule has 1 aliphatic rings. The van der Waals surface area contributed by atoms with E-state index in [9.17, 15) is 19.7 Å². The van der Waals surface area contributed by atoms with Gasteiger partial charge < -0.3 is 4.74 Å². The Hall–Kier alpha value is -3.68. The van der Waals surface area contributed by atoms with Gasteiger partial charge in [0.25, 0.3) is 11.2 Å². The number of nitrogens with zero attached hydrogens (tertiary/aromatic N) is 3. The van der Waals surface area contributed by atoms with Crippen LogP contribution in [-0.4, -0.2) is 14.1 Å². The number of rotatable bonds is 3. The quantitative estimate of drug-likeness (QED) is 0.503. The van der Waals surface area contributed by atoms with Crippen molar-refractivity contribution in [2.24, 2.45) is 14.1 Å². The number of hydrogen-bond acceptors (Lipinski definition) is 5. The van der Waals surface area contributed by atoms with Gasteiger partial charge in [-0.1, -0.05) is 42.5 Å². The molecule has 8 nitrogen and oxygen atoms in total. The highest BCUT2D eigenvalue weighted by atomic mass is 16.6. The van der Waals surface area contributed by atoms with Gasteiger partial charge in [0, 0.05) is 32.1 Å². The number of aromatic nitrogens is 2. The van der Waals surface area contributed by atoms with Crippen LogP contribution in [0.1, 0.15) is 35.1 Å². The number of ether oxygens (including phenoxy) is 1. The molecular formula is C21H19N3O5. The summed E-state index contributed by atoms with van der Waals surface area (Å²) in [5, 5.41) is 11.0. The van der Waals surface area contributed by atoms with E-state index in [0.717, 1.165) is 15.7 Å². The van der Waals surface area contributed by atoms with Gasteiger partial charge in [0.05, 0.1) is 10.5 Å². The molecule has 0 radical (unpaired) electrons. The first-order valence-corrected chi connectivity index (χ1v) is 9.14. The van der Waals surface area contributed by atoms with Crippen molar-refractivity contribution in [2.45, 2.75) is 18.4 Å². The van der Waals surface area contributed by atoms with E-state index in [1.165, 1.54) is 23.7 Å². The van der Waals surface area contributed by atoms with Gasteiger partial charge in [-0.2, -0.15) is 0 Å². The summed E-state index contributed by atoms with van der Waals surface area (Å²) >= 11 is 0. The molecule has 0 fully saturated rings.